The lowest BCUT2D eigenvalue weighted by atomic mass is 10.3. The standard InChI is InChI=1S/C13H22N2O3/c1-4-17-10-11(2)15-12-5-6-13(14-9-12)18-8-7-16-3/h5-6,9,11,15H,4,7-8,10H2,1-3H3. The molecular weight excluding hydrogens is 232 g/mol. The molecule has 1 rings (SSSR count). The van der Waals surface area contributed by atoms with Crippen molar-refractivity contribution >= 4 is 5.69 Å². The zero-order valence-corrected chi connectivity index (χ0v) is 11.3. The number of pyridine rings is 1. The van der Waals surface area contributed by atoms with Gasteiger partial charge in [-0.15, -0.1) is 0 Å². The lowest BCUT2D eigenvalue weighted by Gasteiger charge is -2.14. The Bertz CT molecular complexity index is 317. The first-order chi connectivity index (χ1) is 8.76. The maximum Gasteiger partial charge on any atom is 0.213 e. The van der Waals surface area contributed by atoms with Crippen LogP contribution in [0.2, 0.25) is 0 Å². The molecule has 1 aromatic rings. The second-order valence-corrected chi connectivity index (χ2v) is 3.93. The average Bonchev–Trinajstić information content (AvgIpc) is 2.39. The van der Waals surface area contributed by atoms with Crippen LogP contribution in [0.25, 0.3) is 0 Å². The van der Waals surface area contributed by atoms with E-state index in [-0.39, 0.29) is 6.04 Å². The van der Waals surface area contributed by atoms with Crippen LogP contribution in [0.4, 0.5) is 5.69 Å². The molecule has 0 saturated heterocycles. The van der Waals surface area contributed by atoms with E-state index in [0.717, 1.165) is 12.3 Å². The van der Waals surface area contributed by atoms with Gasteiger partial charge in [0.15, 0.2) is 0 Å². The van der Waals surface area contributed by atoms with Gasteiger partial charge in [-0.3, -0.25) is 0 Å². The van der Waals surface area contributed by atoms with Gasteiger partial charge >= 0.3 is 0 Å². The summed E-state index contributed by atoms with van der Waals surface area (Å²) < 4.78 is 15.6. The van der Waals surface area contributed by atoms with Gasteiger partial charge in [0.05, 0.1) is 25.1 Å². The number of anilines is 1. The van der Waals surface area contributed by atoms with Gasteiger partial charge in [0, 0.05) is 25.8 Å². The molecule has 0 aliphatic heterocycles. The third-order valence-corrected chi connectivity index (χ3v) is 2.26. The summed E-state index contributed by atoms with van der Waals surface area (Å²) in [5, 5.41) is 3.30. The minimum Gasteiger partial charge on any atom is -0.475 e. The summed E-state index contributed by atoms with van der Waals surface area (Å²) in [5.41, 5.74) is 0.960. The van der Waals surface area contributed by atoms with Crippen molar-refractivity contribution < 1.29 is 14.2 Å². The lowest BCUT2D eigenvalue weighted by molar-refractivity contribution is 0.141. The molecule has 5 heteroatoms. The Morgan fingerprint density at radius 3 is 2.78 bits per heavy atom. The molecule has 0 bridgehead atoms. The van der Waals surface area contributed by atoms with Crippen molar-refractivity contribution in [3.63, 3.8) is 0 Å². The molecule has 0 aromatic carbocycles. The fourth-order valence-electron chi connectivity index (χ4n) is 1.40. The fraction of sp³-hybridized carbons (Fsp3) is 0.615. The SMILES string of the molecule is CCOCC(C)Nc1ccc(OCCOC)nc1. The first-order valence-electron chi connectivity index (χ1n) is 6.18. The maximum atomic E-state index is 5.38. The highest BCUT2D eigenvalue weighted by atomic mass is 16.5. The fourth-order valence-corrected chi connectivity index (χ4v) is 1.40. The molecule has 0 amide bonds. The smallest absolute Gasteiger partial charge is 0.213 e. The van der Waals surface area contributed by atoms with Crippen molar-refractivity contribution in [3.8, 4) is 5.88 Å². The molecule has 5 nitrogen and oxygen atoms in total. The molecule has 1 unspecified atom stereocenters. The third kappa shape index (κ3) is 5.84. The van der Waals surface area contributed by atoms with Crippen LogP contribution < -0.4 is 10.1 Å². The monoisotopic (exact) mass is 254 g/mol. The molecule has 1 N–H and O–H groups in total. The Kier molecular flexibility index (Phi) is 7.13. The van der Waals surface area contributed by atoms with Crippen LogP contribution in [0.5, 0.6) is 5.88 Å². The lowest BCUT2D eigenvalue weighted by Crippen LogP contribution is -2.21. The number of methoxy groups -OCH3 is 1. The highest BCUT2D eigenvalue weighted by Crippen LogP contribution is 2.12. The van der Waals surface area contributed by atoms with E-state index in [9.17, 15) is 0 Å². The van der Waals surface area contributed by atoms with Gasteiger partial charge in [0.1, 0.15) is 6.61 Å². The zero-order chi connectivity index (χ0) is 13.2. The summed E-state index contributed by atoms with van der Waals surface area (Å²) in [4.78, 5) is 4.20. The number of hydrogen-bond acceptors (Lipinski definition) is 5. The van der Waals surface area contributed by atoms with Crippen LogP contribution >= 0.6 is 0 Å². The minimum atomic E-state index is 0.256. The molecule has 1 heterocycles. The number of hydrogen-bond donors (Lipinski definition) is 1. The van der Waals surface area contributed by atoms with E-state index < -0.39 is 0 Å². The van der Waals surface area contributed by atoms with E-state index in [1.165, 1.54) is 0 Å². The Morgan fingerprint density at radius 2 is 2.17 bits per heavy atom. The third-order valence-electron chi connectivity index (χ3n) is 2.26. The van der Waals surface area contributed by atoms with E-state index in [0.29, 0.717) is 25.7 Å². The van der Waals surface area contributed by atoms with Gasteiger partial charge in [-0.05, 0) is 19.9 Å². The summed E-state index contributed by atoms with van der Waals surface area (Å²) in [6.07, 6.45) is 1.75. The van der Waals surface area contributed by atoms with Crippen molar-refractivity contribution in [2.24, 2.45) is 0 Å². The molecule has 0 aliphatic carbocycles. The minimum absolute atomic E-state index is 0.256. The summed E-state index contributed by atoms with van der Waals surface area (Å²) >= 11 is 0. The highest BCUT2D eigenvalue weighted by Gasteiger charge is 2.02. The van der Waals surface area contributed by atoms with Crippen LogP contribution in [-0.2, 0) is 9.47 Å². The molecule has 18 heavy (non-hydrogen) atoms. The molecule has 1 atom stereocenters. The van der Waals surface area contributed by atoms with Crippen LogP contribution in [0.1, 0.15) is 13.8 Å². The van der Waals surface area contributed by atoms with Gasteiger partial charge < -0.3 is 19.5 Å². The number of nitrogens with one attached hydrogen (secondary N) is 1. The first kappa shape index (κ1) is 14.7. The van der Waals surface area contributed by atoms with Crippen LogP contribution in [0, 0.1) is 0 Å². The normalized spacial score (nSPS) is 12.2. The first-order valence-corrected chi connectivity index (χ1v) is 6.18. The molecular formula is C13H22N2O3. The van der Waals surface area contributed by atoms with E-state index in [4.69, 9.17) is 14.2 Å². The van der Waals surface area contributed by atoms with Gasteiger partial charge in [-0.2, -0.15) is 0 Å². The quantitative estimate of drug-likeness (QED) is 0.683. The largest absolute Gasteiger partial charge is 0.475 e. The number of ether oxygens (including phenoxy) is 3. The van der Waals surface area contributed by atoms with E-state index in [1.807, 2.05) is 19.1 Å². The molecule has 0 fully saturated rings. The van der Waals surface area contributed by atoms with Gasteiger partial charge in [0.2, 0.25) is 5.88 Å². The van der Waals surface area contributed by atoms with Gasteiger partial charge in [-0.25, -0.2) is 4.98 Å². The second-order valence-electron chi connectivity index (χ2n) is 3.93. The van der Waals surface area contributed by atoms with Crippen molar-refractivity contribution in [3.05, 3.63) is 18.3 Å². The Balaban J connectivity index is 2.35. The summed E-state index contributed by atoms with van der Waals surface area (Å²) in [7, 11) is 1.64. The predicted octanol–water partition coefficient (Wildman–Crippen LogP) is 1.94. The second kappa shape index (κ2) is 8.72. The zero-order valence-electron chi connectivity index (χ0n) is 11.3. The van der Waals surface area contributed by atoms with Crippen LogP contribution in [-0.4, -0.2) is 44.6 Å². The van der Waals surface area contributed by atoms with Crippen LogP contribution in [0.15, 0.2) is 18.3 Å². The number of nitrogens with zero attached hydrogens (tertiary/aromatic N) is 1. The topological polar surface area (TPSA) is 52.6 Å². The summed E-state index contributed by atoms with van der Waals surface area (Å²) in [5.74, 6) is 0.607. The number of rotatable bonds is 9. The maximum absolute atomic E-state index is 5.38. The molecule has 102 valence electrons. The van der Waals surface area contributed by atoms with E-state index in [2.05, 4.69) is 17.2 Å². The molecule has 0 saturated carbocycles. The number of aromatic nitrogens is 1. The average molecular weight is 254 g/mol. The Morgan fingerprint density at radius 1 is 1.33 bits per heavy atom. The molecule has 0 aliphatic rings. The van der Waals surface area contributed by atoms with Gasteiger partial charge in [0.25, 0.3) is 0 Å². The van der Waals surface area contributed by atoms with E-state index >= 15 is 0 Å². The predicted molar refractivity (Wildman–Crippen MR) is 71.2 cm³/mol. The Labute approximate surface area is 108 Å². The highest BCUT2D eigenvalue weighted by molar-refractivity contribution is 5.42. The summed E-state index contributed by atoms with van der Waals surface area (Å²) in [6, 6.07) is 4.04. The Hall–Kier alpha value is -1.33. The van der Waals surface area contributed by atoms with Crippen molar-refractivity contribution in [2.45, 2.75) is 19.9 Å². The van der Waals surface area contributed by atoms with E-state index in [1.54, 1.807) is 13.3 Å². The van der Waals surface area contributed by atoms with Crippen molar-refractivity contribution in [1.29, 1.82) is 0 Å². The molecule has 0 radical (unpaired) electrons. The molecule has 1 aromatic heterocycles. The summed E-state index contributed by atoms with van der Waals surface area (Å²) in [6.45, 7) is 6.54. The molecule has 0 spiro atoms. The van der Waals surface area contributed by atoms with Crippen molar-refractivity contribution in [2.75, 3.05) is 38.9 Å². The van der Waals surface area contributed by atoms with Crippen molar-refractivity contribution in [1.82, 2.24) is 4.98 Å². The van der Waals surface area contributed by atoms with Crippen LogP contribution in [0.3, 0.4) is 0 Å². The van der Waals surface area contributed by atoms with Gasteiger partial charge in [-0.1, -0.05) is 0 Å².